The summed E-state index contributed by atoms with van der Waals surface area (Å²) in [6.45, 7) is 2.47. The van der Waals surface area contributed by atoms with Crippen LogP contribution in [-0.2, 0) is 24.4 Å². The normalized spacial score (nSPS) is 20.0. The van der Waals surface area contributed by atoms with Crippen LogP contribution < -0.4 is 0 Å². The van der Waals surface area contributed by atoms with Gasteiger partial charge in [0.1, 0.15) is 5.82 Å². The highest BCUT2D eigenvalue weighted by atomic mass is 19.4. The highest BCUT2D eigenvalue weighted by Crippen LogP contribution is 2.40. The monoisotopic (exact) mass is 430 g/mol. The zero-order valence-electron chi connectivity index (χ0n) is 17.1. The average molecular weight is 430 g/mol. The van der Waals surface area contributed by atoms with E-state index >= 15 is 0 Å². The molecule has 4 heterocycles. The molecule has 2 atom stereocenters. The van der Waals surface area contributed by atoms with Gasteiger partial charge in [0, 0.05) is 25.2 Å². The average Bonchev–Trinajstić information content (AvgIpc) is 3.32. The summed E-state index contributed by atoms with van der Waals surface area (Å²) in [6.07, 6.45) is 0.678. The number of aromatic nitrogens is 6. The van der Waals surface area contributed by atoms with E-state index in [0.717, 1.165) is 6.07 Å². The fourth-order valence-corrected chi connectivity index (χ4v) is 4.33. The molecule has 0 amide bonds. The predicted molar refractivity (Wildman–Crippen MR) is 108 cm³/mol. The van der Waals surface area contributed by atoms with Crippen molar-refractivity contribution in [3.05, 3.63) is 47.2 Å². The summed E-state index contributed by atoms with van der Waals surface area (Å²) in [6, 6.07) is 2.40. The minimum atomic E-state index is -4.46. The molecule has 7 nitrogen and oxygen atoms in total. The Labute approximate surface area is 175 Å². The quantitative estimate of drug-likeness (QED) is 0.529. The lowest BCUT2D eigenvalue weighted by Gasteiger charge is -2.28. The number of fused-ring (bicyclic) bond motifs is 3. The number of imidazole rings is 1. The molecule has 0 bridgehead atoms. The summed E-state index contributed by atoms with van der Waals surface area (Å²) in [5.41, 5.74) is 2.29. The smallest absolute Gasteiger partial charge is 0.378 e. The van der Waals surface area contributed by atoms with Crippen LogP contribution in [-0.4, -0.2) is 42.7 Å². The summed E-state index contributed by atoms with van der Waals surface area (Å²) < 4.78 is 48.4. The molecule has 0 aliphatic carbocycles. The molecule has 162 valence electrons. The molecule has 10 heteroatoms. The van der Waals surface area contributed by atoms with E-state index in [1.54, 1.807) is 24.1 Å². The molecule has 3 aromatic heterocycles. The summed E-state index contributed by atoms with van der Waals surface area (Å²) in [5.74, 6) is 0.556. The summed E-state index contributed by atoms with van der Waals surface area (Å²) in [5, 5.41) is 8.36. The van der Waals surface area contributed by atoms with Gasteiger partial charge in [-0.3, -0.25) is 9.67 Å². The number of nitrogens with zero attached hydrogens (tertiary/aromatic N) is 5. The van der Waals surface area contributed by atoms with Crippen molar-refractivity contribution in [3.8, 4) is 0 Å². The molecule has 0 radical (unpaired) electrons. The van der Waals surface area contributed by atoms with Gasteiger partial charge in [0.2, 0.25) is 0 Å². The Morgan fingerprint density at radius 2 is 2.10 bits per heavy atom. The van der Waals surface area contributed by atoms with E-state index in [9.17, 15) is 13.2 Å². The number of rotatable bonds is 3. The Kier molecular flexibility index (Phi) is 4.69. The SMILES string of the molecule is C[C@@H]1C[C@H](c2cc(C(F)(F)F)cc3c2ncc2[nH]c(Cc4cn(C)nn4)nc23)CCO1. The van der Waals surface area contributed by atoms with Gasteiger partial charge in [-0.05, 0) is 43.4 Å². The number of aryl methyl sites for hydroxylation is 1. The molecule has 0 saturated carbocycles. The van der Waals surface area contributed by atoms with E-state index < -0.39 is 11.7 Å². The lowest BCUT2D eigenvalue weighted by molar-refractivity contribution is -0.137. The number of halogens is 3. The number of hydrogen-bond donors (Lipinski definition) is 1. The van der Waals surface area contributed by atoms with Gasteiger partial charge in [-0.1, -0.05) is 5.21 Å². The van der Waals surface area contributed by atoms with Crippen molar-refractivity contribution in [1.29, 1.82) is 0 Å². The Morgan fingerprint density at radius 3 is 2.81 bits per heavy atom. The number of hydrogen-bond acceptors (Lipinski definition) is 5. The first kappa shape index (κ1) is 19.9. The van der Waals surface area contributed by atoms with Crippen LogP contribution in [0, 0.1) is 0 Å². The van der Waals surface area contributed by atoms with Gasteiger partial charge in [-0.25, -0.2) is 4.98 Å². The number of aromatic amines is 1. The minimum absolute atomic E-state index is 0.00366. The maximum Gasteiger partial charge on any atom is 0.416 e. The first-order chi connectivity index (χ1) is 14.8. The number of nitrogens with one attached hydrogen (secondary N) is 1. The Balaban J connectivity index is 1.67. The number of pyridine rings is 1. The molecule has 5 rings (SSSR count). The molecule has 1 fully saturated rings. The van der Waals surface area contributed by atoms with Crippen LogP contribution in [0.5, 0.6) is 0 Å². The number of ether oxygens (including phenoxy) is 1. The zero-order valence-corrected chi connectivity index (χ0v) is 17.1. The Hall–Kier alpha value is -3.01. The van der Waals surface area contributed by atoms with Crippen molar-refractivity contribution in [2.45, 2.75) is 44.4 Å². The van der Waals surface area contributed by atoms with Crippen LogP contribution in [0.1, 0.15) is 48.3 Å². The summed E-state index contributed by atoms with van der Waals surface area (Å²) >= 11 is 0. The van der Waals surface area contributed by atoms with E-state index in [1.165, 1.54) is 6.07 Å². The predicted octanol–water partition coefficient (Wildman–Crippen LogP) is 4.13. The molecule has 1 N–H and O–H groups in total. The first-order valence-electron chi connectivity index (χ1n) is 10.1. The molecule has 1 aromatic carbocycles. The van der Waals surface area contributed by atoms with E-state index in [0.29, 0.717) is 64.9 Å². The molecule has 31 heavy (non-hydrogen) atoms. The summed E-state index contributed by atoms with van der Waals surface area (Å²) in [4.78, 5) is 12.3. The number of benzene rings is 1. The van der Waals surface area contributed by atoms with Gasteiger partial charge in [0.25, 0.3) is 0 Å². The van der Waals surface area contributed by atoms with Crippen molar-refractivity contribution in [1.82, 2.24) is 29.9 Å². The van der Waals surface area contributed by atoms with Gasteiger partial charge in [-0.15, -0.1) is 5.10 Å². The molecule has 1 saturated heterocycles. The molecular formula is C21H21F3N6O. The van der Waals surface area contributed by atoms with Crippen molar-refractivity contribution in [2.75, 3.05) is 6.61 Å². The largest absolute Gasteiger partial charge is 0.416 e. The Bertz CT molecular complexity index is 1260. The second-order valence-corrected chi connectivity index (χ2v) is 8.13. The topological polar surface area (TPSA) is 81.5 Å². The lowest BCUT2D eigenvalue weighted by atomic mass is 9.86. The molecular weight excluding hydrogens is 409 g/mol. The van der Waals surface area contributed by atoms with Crippen LogP contribution in [0.2, 0.25) is 0 Å². The van der Waals surface area contributed by atoms with Crippen molar-refractivity contribution < 1.29 is 17.9 Å². The van der Waals surface area contributed by atoms with Gasteiger partial charge in [-0.2, -0.15) is 13.2 Å². The third kappa shape index (κ3) is 3.76. The molecule has 0 spiro atoms. The maximum atomic E-state index is 13.7. The standard InChI is InChI=1S/C21H21F3N6O/c1-11-5-12(3-4-31-11)15-6-13(21(22,23)24)7-16-19(15)25-9-17-20(16)27-18(26-17)8-14-10-30(2)29-28-14/h6-7,9-12H,3-5,8H2,1-2H3,(H,26,27)/t11-,12-/m1/s1. The molecule has 1 aliphatic heterocycles. The van der Waals surface area contributed by atoms with E-state index in [2.05, 4.69) is 25.3 Å². The van der Waals surface area contributed by atoms with E-state index in [4.69, 9.17) is 4.74 Å². The van der Waals surface area contributed by atoms with Crippen LogP contribution in [0.3, 0.4) is 0 Å². The van der Waals surface area contributed by atoms with Crippen LogP contribution >= 0.6 is 0 Å². The zero-order chi connectivity index (χ0) is 21.8. The third-order valence-electron chi connectivity index (χ3n) is 5.75. The Morgan fingerprint density at radius 1 is 1.26 bits per heavy atom. The first-order valence-corrected chi connectivity index (χ1v) is 10.1. The summed E-state index contributed by atoms with van der Waals surface area (Å²) in [7, 11) is 1.77. The number of H-pyrrole nitrogens is 1. The van der Waals surface area contributed by atoms with Crippen LogP contribution in [0.4, 0.5) is 13.2 Å². The van der Waals surface area contributed by atoms with Crippen LogP contribution in [0.15, 0.2) is 24.5 Å². The highest BCUT2D eigenvalue weighted by molar-refractivity contribution is 6.03. The maximum absolute atomic E-state index is 13.7. The highest BCUT2D eigenvalue weighted by Gasteiger charge is 2.34. The second kappa shape index (κ2) is 7.30. The molecule has 0 unspecified atom stereocenters. The fraction of sp³-hybridized carbons (Fsp3) is 0.429. The third-order valence-corrected chi connectivity index (χ3v) is 5.75. The second-order valence-electron chi connectivity index (χ2n) is 8.13. The number of alkyl halides is 3. The van der Waals surface area contributed by atoms with Crippen molar-refractivity contribution in [3.63, 3.8) is 0 Å². The molecule has 4 aromatic rings. The van der Waals surface area contributed by atoms with Crippen molar-refractivity contribution >= 4 is 21.9 Å². The minimum Gasteiger partial charge on any atom is -0.378 e. The van der Waals surface area contributed by atoms with Crippen LogP contribution in [0.25, 0.3) is 21.9 Å². The molecule has 1 aliphatic rings. The van der Waals surface area contributed by atoms with E-state index in [-0.39, 0.29) is 12.0 Å². The van der Waals surface area contributed by atoms with E-state index in [1.807, 2.05) is 6.92 Å². The van der Waals surface area contributed by atoms with Gasteiger partial charge in [0.15, 0.2) is 0 Å². The van der Waals surface area contributed by atoms with Gasteiger partial charge < -0.3 is 9.72 Å². The van der Waals surface area contributed by atoms with Crippen molar-refractivity contribution in [2.24, 2.45) is 7.05 Å². The lowest BCUT2D eigenvalue weighted by Crippen LogP contribution is -2.22. The fourth-order valence-electron chi connectivity index (χ4n) is 4.33. The van der Waals surface area contributed by atoms with Gasteiger partial charge >= 0.3 is 6.18 Å². The van der Waals surface area contributed by atoms with Gasteiger partial charge in [0.05, 0.1) is 46.5 Å².